The van der Waals surface area contributed by atoms with Gasteiger partial charge in [-0.25, -0.2) is 0 Å². The van der Waals surface area contributed by atoms with Gasteiger partial charge in [0.2, 0.25) is 0 Å². The van der Waals surface area contributed by atoms with E-state index in [1.54, 1.807) is 7.85 Å². The van der Waals surface area contributed by atoms with Crippen LogP contribution in [-0.2, 0) is 9.53 Å². The topological polar surface area (TPSA) is 50.2 Å². The number of carbonyl (C=O) groups excluding carboxylic acids is 1. The van der Waals surface area contributed by atoms with Crippen LogP contribution < -0.4 is 0 Å². The standard InChI is InChI=1S/C5H7B2NO2/c1-10-5(9)3-2-4(6)7-8/h4,8H,6H2,1H3. The Balaban J connectivity index is 3.90. The summed E-state index contributed by atoms with van der Waals surface area (Å²) in [5.41, 5.74) is -0.181. The quantitative estimate of drug-likeness (QED) is 0.217. The summed E-state index contributed by atoms with van der Waals surface area (Å²) in [6.07, 6.45) is 0. The SMILES string of the molecule is BC(B=N)C#CC(=O)OC. The molecule has 0 saturated carbocycles. The molecule has 50 valence electrons. The summed E-state index contributed by atoms with van der Waals surface area (Å²) in [5.74, 6) is 4.17. The molecule has 0 aromatic carbocycles. The molecule has 1 unspecified atom stereocenters. The van der Waals surface area contributed by atoms with Crippen molar-refractivity contribution >= 4 is 20.9 Å². The molecule has 0 spiro atoms. The second-order valence-corrected chi connectivity index (χ2v) is 1.72. The molecule has 0 aliphatic carbocycles. The van der Waals surface area contributed by atoms with Crippen LogP contribution in [0.25, 0.3) is 0 Å². The molecule has 0 amide bonds. The van der Waals surface area contributed by atoms with Crippen molar-refractivity contribution in [2.75, 3.05) is 7.11 Å². The second-order valence-electron chi connectivity index (χ2n) is 1.72. The van der Waals surface area contributed by atoms with Gasteiger partial charge in [0.15, 0.2) is 0 Å². The van der Waals surface area contributed by atoms with Gasteiger partial charge in [0, 0.05) is 0 Å². The summed E-state index contributed by atoms with van der Waals surface area (Å²) in [5, 5.41) is 6.73. The molecule has 10 heavy (non-hydrogen) atoms. The molecule has 0 fully saturated rings. The van der Waals surface area contributed by atoms with E-state index in [9.17, 15) is 4.79 Å². The molecular weight excluding hydrogens is 128 g/mol. The molecule has 0 aromatic heterocycles. The number of nitrogens with one attached hydrogen (secondary N) is 1. The molecule has 0 rings (SSSR count). The van der Waals surface area contributed by atoms with Crippen molar-refractivity contribution in [2.24, 2.45) is 0 Å². The summed E-state index contributed by atoms with van der Waals surface area (Å²) < 4.78 is 4.26. The van der Waals surface area contributed by atoms with Gasteiger partial charge in [-0.05, 0) is 0 Å². The van der Waals surface area contributed by atoms with Crippen LogP contribution in [0.2, 0.25) is 5.72 Å². The van der Waals surface area contributed by atoms with Gasteiger partial charge in [0.1, 0.15) is 0 Å². The van der Waals surface area contributed by atoms with E-state index < -0.39 is 5.97 Å². The fourth-order valence-corrected chi connectivity index (χ4v) is 0.265. The van der Waals surface area contributed by atoms with E-state index in [0.717, 1.165) is 7.07 Å². The van der Waals surface area contributed by atoms with Crippen molar-refractivity contribution in [2.45, 2.75) is 5.72 Å². The average Bonchev–Trinajstić information content (AvgIpc) is 1.99. The maximum atomic E-state index is 10.4. The van der Waals surface area contributed by atoms with E-state index in [-0.39, 0.29) is 5.72 Å². The van der Waals surface area contributed by atoms with E-state index in [1.165, 1.54) is 7.11 Å². The van der Waals surface area contributed by atoms with Crippen LogP contribution in [0.4, 0.5) is 0 Å². The Hall–Kier alpha value is -1.04. The van der Waals surface area contributed by atoms with E-state index in [0.29, 0.717) is 0 Å². The first-order chi connectivity index (χ1) is 4.70. The van der Waals surface area contributed by atoms with E-state index in [4.69, 9.17) is 5.31 Å². The van der Waals surface area contributed by atoms with Gasteiger partial charge < -0.3 is 0 Å². The van der Waals surface area contributed by atoms with Gasteiger partial charge in [0.05, 0.1) is 0 Å². The number of ether oxygens (including phenoxy) is 1. The number of hydrogen-bond donors (Lipinski definition) is 1. The predicted octanol–water partition coefficient (Wildman–Crippen LogP) is -0.992. The third-order valence-corrected chi connectivity index (χ3v) is 0.837. The molecule has 5 heteroatoms. The maximum absolute atomic E-state index is 10.4. The first-order valence-corrected chi connectivity index (χ1v) is 2.80. The molecule has 0 aromatic rings. The Kier molecular flexibility index (Phi) is 4.30. The molecule has 0 saturated heterocycles. The fourth-order valence-electron chi connectivity index (χ4n) is 0.265. The Bertz CT molecular complexity index is 194. The number of hydrogen-bond acceptors (Lipinski definition) is 3. The summed E-state index contributed by atoms with van der Waals surface area (Å²) in [4.78, 5) is 10.4. The average molecular weight is 135 g/mol. The van der Waals surface area contributed by atoms with Gasteiger partial charge in [0.25, 0.3) is 0 Å². The molecule has 1 atom stereocenters. The van der Waals surface area contributed by atoms with Crippen molar-refractivity contribution < 1.29 is 9.53 Å². The van der Waals surface area contributed by atoms with E-state index in [2.05, 4.69) is 16.6 Å². The predicted molar refractivity (Wildman–Crippen MR) is 40.6 cm³/mol. The van der Waals surface area contributed by atoms with Crippen LogP contribution in [-0.4, -0.2) is 28.0 Å². The zero-order chi connectivity index (χ0) is 7.98. The van der Waals surface area contributed by atoms with Crippen LogP contribution in [0, 0.1) is 17.2 Å². The normalized spacial score (nSPS) is 10.1. The molecule has 3 nitrogen and oxygen atoms in total. The minimum atomic E-state index is -0.561. The third kappa shape index (κ3) is 3.90. The van der Waals surface area contributed by atoms with Crippen LogP contribution in [0.5, 0.6) is 0 Å². The van der Waals surface area contributed by atoms with Gasteiger partial charge in [-0.2, -0.15) is 0 Å². The number of methoxy groups -OCH3 is 1. The zero-order valence-electron chi connectivity index (χ0n) is 5.97. The molecular formula is C5H7B2NO2. The van der Waals surface area contributed by atoms with Crippen LogP contribution in [0.3, 0.4) is 0 Å². The third-order valence-electron chi connectivity index (χ3n) is 0.837. The monoisotopic (exact) mass is 135 g/mol. The van der Waals surface area contributed by atoms with E-state index >= 15 is 0 Å². The summed E-state index contributed by atoms with van der Waals surface area (Å²) in [7, 11) is 4.16. The Morgan fingerprint density at radius 2 is 2.50 bits per heavy atom. The van der Waals surface area contributed by atoms with Crippen molar-refractivity contribution in [1.82, 2.24) is 0 Å². The summed E-state index contributed by atoms with van der Waals surface area (Å²) >= 11 is 0. The zero-order valence-corrected chi connectivity index (χ0v) is 5.97. The van der Waals surface area contributed by atoms with Crippen LogP contribution in [0.15, 0.2) is 0 Å². The molecule has 1 N–H and O–H groups in total. The summed E-state index contributed by atoms with van der Waals surface area (Å²) in [6, 6.07) is 0. The number of carbonyl (C=O) groups is 1. The number of esters is 1. The fraction of sp³-hybridized carbons (Fsp3) is 0.400. The molecule has 0 aliphatic heterocycles. The molecule has 0 heterocycles. The number of rotatable bonds is 1. The Morgan fingerprint density at radius 3 is 2.90 bits per heavy atom. The Morgan fingerprint density at radius 1 is 1.90 bits per heavy atom. The first kappa shape index (κ1) is 8.96. The van der Waals surface area contributed by atoms with Crippen molar-refractivity contribution in [3.63, 3.8) is 0 Å². The second kappa shape index (κ2) is 4.80. The van der Waals surface area contributed by atoms with Crippen LogP contribution in [0.1, 0.15) is 0 Å². The van der Waals surface area contributed by atoms with E-state index in [1.807, 2.05) is 0 Å². The van der Waals surface area contributed by atoms with Crippen molar-refractivity contribution in [3.8, 4) is 11.8 Å². The minimum absolute atomic E-state index is 0.181. The van der Waals surface area contributed by atoms with Gasteiger partial charge in [-0.1, -0.05) is 0 Å². The van der Waals surface area contributed by atoms with Gasteiger partial charge >= 0.3 is 60.4 Å². The Labute approximate surface area is 61.3 Å². The van der Waals surface area contributed by atoms with Gasteiger partial charge in [-0.3, -0.25) is 0 Å². The van der Waals surface area contributed by atoms with Crippen LogP contribution >= 0.6 is 0 Å². The molecule has 0 radical (unpaired) electrons. The molecule has 0 aliphatic rings. The summed E-state index contributed by atoms with van der Waals surface area (Å²) in [6.45, 7) is 0. The van der Waals surface area contributed by atoms with Crippen molar-refractivity contribution in [3.05, 3.63) is 0 Å². The molecule has 0 bridgehead atoms. The van der Waals surface area contributed by atoms with Gasteiger partial charge in [-0.15, -0.1) is 0 Å². The first-order valence-electron chi connectivity index (χ1n) is 2.80. The van der Waals surface area contributed by atoms with Crippen molar-refractivity contribution in [1.29, 1.82) is 5.31 Å².